The Kier molecular flexibility index (Phi) is 5.16. The van der Waals surface area contributed by atoms with Crippen molar-refractivity contribution >= 4 is 17.6 Å². The number of carbonyl (C=O) groups excluding carboxylic acids is 2. The van der Waals surface area contributed by atoms with E-state index in [1.165, 1.54) is 6.42 Å². The van der Waals surface area contributed by atoms with E-state index in [1.54, 1.807) is 0 Å². The third-order valence-electron chi connectivity index (χ3n) is 7.22. The number of piperazine rings is 1. The van der Waals surface area contributed by atoms with Gasteiger partial charge in [0.05, 0.1) is 6.54 Å². The highest BCUT2D eigenvalue weighted by molar-refractivity contribution is 5.79. The van der Waals surface area contributed by atoms with Gasteiger partial charge in [0.1, 0.15) is 5.82 Å². The van der Waals surface area contributed by atoms with Crippen molar-refractivity contribution in [3.63, 3.8) is 0 Å². The first-order valence-corrected chi connectivity index (χ1v) is 11.1. The second-order valence-electron chi connectivity index (χ2n) is 9.12. The Morgan fingerprint density at radius 2 is 1.97 bits per heavy atom. The van der Waals surface area contributed by atoms with Crippen molar-refractivity contribution in [1.29, 1.82) is 0 Å². The zero-order chi connectivity index (χ0) is 19.8. The number of carbonyl (C=O) groups is 2. The van der Waals surface area contributed by atoms with Crippen molar-refractivity contribution in [2.24, 2.45) is 11.8 Å². The molecule has 1 aromatic rings. The highest BCUT2D eigenvalue weighted by atomic mass is 16.2. The standard InChI is InChI=1S/C22H31N5O2/c28-21-6-3-4-19-18-12-17(14-27(19)21)13-24(15-18)16-22(29)26-10-8-25(9-11-26)20-5-1-2-7-23-20/h1-2,5,7,17-19H,3-4,6,8-16H2/t17?,18?,19-/m1/s1. The van der Waals surface area contributed by atoms with Crippen LogP contribution in [0.25, 0.3) is 0 Å². The molecule has 0 saturated carbocycles. The Morgan fingerprint density at radius 3 is 2.76 bits per heavy atom. The monoisotopic (exact) mass is 397 g/mol. The van der Waals surface area contributed by atoms with Gasteiger partial charge in [0.15, 0.2) is 0 Å². The maximum Gasteiger partial charge on any atom is 0.236 e. The summed E-state index contributed by atoms with van der Waals surface area (Å²) in [6.45, 7) is 6.55. The fourth-order valence-electron chi connectivity index (χ4n) is 5.86. The van der Waals surface area contributed by atoms with Crippen LogP contribution >= 0.6 is 0 Å². The van der Waals surface area contributed by atoms with E-state index in [-0.39, 0.29) is 5.91 Å². The minimum atomic E-state index is 0.252. The summed E-state index contributed by atoms with van der Waals surface area (Å²) < 4.78 is 0. The summed E-state index contributed by atoms with van der Waals surface area (Å²) in [4.78, 5) is 38.5. The number of pyridine rings is 1. The molecule has 29 heavy (non-hydrogen) atoms. The molecule has 4 fully saturated rings. The largest absolute Gasteiger partial charge is 0.353 e. The third-order valence-corrected chi connectivity index (χ3v) is 7.22. The van der Waals surface area contributed by atoms with Crippen LogP contribution < -0.4 is 4.90 Å². The maximum absolute atomic E-state index is 12.9. The molecule has 0 aromatic carbocycles. The van der Waals surface area contributed by atoms with Gasteiger partial charge in [-0.05, 0) is 43.2 Å². The lowest BCUT2D eigenvalue weighted by Crippen LogP contribution is -2.61. The normalized spacial score (nSPS) is 30.3. The molecule has 156 valence electrons. The predicted octanol–water partition coefficient (Wildman–Crippen LogP) is 1.06. The molecule has 7 heteroatoms. The summed E-state index contributed by atoms with van der Waals surface area (Å²) in [7, 11) is 0. The van der Waals surface area contributed by atoms with Crippen molar-refractivity contribution in [2.45, 2.75) is 31.7 Å². The first-order valence-electron chi connectivity index (χ1n) is 11.1. The molecule has 2 bridgehead atoms. The van der Waals surface area contributed by atoms with Crippen LogP contribution in [0.5, 0.6) is 0 Å². The highest BCUT2D eigenvalue weighted by Gasteiger charge is 2.44. The summed E-state index contributed by atoms with van der Waals surface area (Å²) >= 11 is 0. The van der Waals surface area contributed by atoms with Crippen LogP contribution in [-0.2, 0) is 9.59 Å². The Hall–Kier alpha value is -2.15. The third kappa shape index (κ3) is 3.84. The Bertz CT molecular complexity index is 749. The lowest BCUT2D eigenvalue weighted by molar-refractivity contribution is -0.146. The molecule has 4 saturated heterocycles. The van der Waals surface area contributed by atoms with Crippen LogP contribution in [0.1, 0.15) is 25.7 Å². The van der Waals surface area contributed by atoms with Gasteiger partial charge in [0.25, 0.3) is 0 Å². The quantitative estimate of drug-likeness (QED) is 0.764. The second kappa shape index (κ2) is 7.94. The van der Waals surface area contributed by atoms with Crippen LogP contribution in [0.4, 0.5) is 5.82 Å². The summed E-state index contributed by atoms with van der Waals surface area (Å²) in [5, 5.41) is 0. The number of aromatic nitrogens is 1. The Balaban J connectivity index is 1.15. The zero-order valence-corrected chi connectivity index (χ0v) is 17.1. The minimum absolute atomic E-state index is 0.252. The van der Waals surface area contributed by atoms with Gasteiger partial charge in [0.2, 0.25) is 11.8 Å². The summed E-state index contributed by atoms with van der Waals surface area (Å²) in [6.07, 6.45) is 5.94. The van der Waals surface area contributed by atoms with E-state index in [9.17, 15) is 9.59 Å². The molecule has 0 radical (unpaired) electrons. The Morgan fingerprint density at radius 1 is 1.10 bits per heavy atom. The van der Waals surface area contributed by atoms with Gasteiger partial charge < -0.3 is 14.7 Å². The Labute approximate surface area is 172 Å². The smallest absolute Gasteiger partial charge is 0.236 e. The second-order valence-corrected chi connectivity index (χ2v) is 9.12. The number of likely N-dealkylation sites (tertiary alicyclic amines) is 1. The minimum Gasteiger partial charge on any atom is -0.353 e. The molecule has 5 heterocycles. The number of amides is 2. The summed E-state index contributed by atoms with van der Waals surface area (Å²) in [5.41, 5.74) is 0. The molecule has 0 spiro atoms. The highest BCUT2D eigenvalue weighted by Crippen LogP contribution is 2.37. The summed E-state index contributed by atoms with van der Waals surface area (Å²) in [5.74, 6) is 2.67. The van der Waals surface area contributed by atoms with Crippen molar-refractivity contribution < 1.29 is 9.59 Å². The number of hydrogen-bond acceptors (Lipinski definition) is 5. The van der Waals surface area contributed by atoms with Crippen molar-refractivity contribution in [3.05, 3.63) is 24.4 Å². The molecular weight excluding hydrogens is 366 g/mol. The van der Waals surface area contributed by atoms with Crippen LogP contribution in [0.2, 0.25) is 0 Å². The molecule has 1 aromatic heterocycles. The van der Waals surface area contributed by atoms with Crippen molar-refractivity contribution in [2.75, 3.05) is 57.3 Å². The maximum atomic E-state index is 12.9. The number of hydrogen-bond donors (Lipinski definition) is 0. The predicted molar refractivity (Wildman–Crippen MR) is 110 cm³/mol. The SMILES string of the molecule is O=C(CN1CC2CC(C1)[C@H]1CCCC(=O)N1C2)N1CCN(c2ccccn2)CC1. The fraction of sp³-hybridized carbons (Fsp3) is 0.682. The van der Waals surface area contributed by atoms with E-state index >= 15 is 0 Å². The van der Waals surface area contributed by atoms with E-state index < -0.39 is 0 Å². The number of anilines is 1. The van der Waals surface area contributed by atoms with Crippen LogP contribution in [0, 0.1) is 11.8 Å². The lowest BCUT2D eigenvalue weighted by atomic mass is 9.76. The van der Waals surface area contributed by atoms with Crippen molar-refractivity contribution in [3.8, 4) is 0 Å². The fourth-order valence-corrected chi connectivity index (χ4v) is 5.86. The van der Waals surface area contributed by atoms with Crippen LogP contribution in [0.15, 0.2) is 24.4 Å². The molecule has 0 aliphatic carbocycles. The lowest BCUT2D eigenvalue weighted by Gasteiger charge is -2.52. The molecule has 7 nitrogen and oxygen atoms in total. The number of piperidine rings is 3. The molecule has 4 aliphatic rings. The molecule has 2 unspecified atom stereocenters. The van der Waals surface area contributed by atoms with Gasteiger partial charge in [0, 0.05) is 64.5 Å². The van der Waals surface area contributed by atoms with Crippen LogP contribution in [-0.4, -0.2) is 89.9 Å². The molecule has 4 aliphatic heterocycles. The van der Waals surface area contributed by atoms with Gasteiger partial charge in [-0.2, -0.15) is 0 Å². The van der Waals surface area contributed by atoms with Gasteiger partial charge >= 0.3 is 0 Å². The average molecular weight is 398 g/mol. The van der Waals surface area contributed by atoms with E-state index in [0.29, 0.717) is 30.3 Å². The van der Waals surface area contributed by atoms with Gasteiger partial charge in [-0.3, -0.25) is 14.5 Å². The molecule has 5 rings (SSSR count). The van der Waals surface area contributed by atoms with E-state index in [0.717, 1.165) is 70.9 Å². The molecular formula is C22H31N5O2. The molecule has 2 amide bonds. The topological polar surface area (TPSA) is 60.0 Å². The van der Waals surface area contributed by atoms with E-state index in [2.05, 4.69) is 19.7 Å². The summed E-state index contributed by atoms with van der Waals surface area (Å²) in [6, 6.07) is 6.38. The van der Waals surface area contributed by atoms with Crippen LogP contribution in [0.3, 0.4) is 0 Å². The number of nitrogens with zero attached hydrogens (tertiary/aromatic N) is 5. The van der Waals surface area contributed by atoms with Gasteiger partial charge in [-0.15, -0.1) is 0 Å². The molecule has 3 atom stereocenters. The molecule has 0 N–H and O–H groups in total. The van der Waals surface area contributed by atoms with E-state index in [4.69, 9.17) is 0 Å². The van der Waals surface area contributed by atoms with Crippen molar-refractivity contribution in [1.82, 2.24) is 19.7 Å². The first-order chi connectivity index (χ1) is 14.2. The number of fused-ring (bicyclic) bond motifs is 4. The number of rotatable bonds is 3. The first kappa shape index (κ1) is 18.9. The average Bonchev–Trinajstić information content (AvgIpc) is 2.75. The van der Waals surface area contributed by atoms with Gasteiger partial charge in [-0.25, -0.2) is 4.98 Å². The zero-order valence-electron chi connectivity index (χ0n) is 17.1. The van der Waals surface area contributed by atoms with E-state index in [1.807, 2.05) is 29.3 Å². The van der Waals surface area contributed by atoms with Gasteiger partial charge in [-0.1, -0.05) is 6.07 Å².